The summed E-state index contributed by atoms with van der Waals surface area (Å²) in [6.07, 6.45) is 6.13. The third-order valence-corrected chi connectivity index (χ3v) is 6.62. The zero-order valence-corrected chi connectivity index (χ0v) is 19.2. The second-order valence-electron chi connectivity index (χ2n) is 8.85. The average Bonchev–Trinajstić information content (AvgIpc) is 3.47. The predicted molar refractivity (Wildman–Crippen MR) is 134 cm³/mol. The number of aryl methyl sites for hydroxylation is 3. The molecular formula is C28H26N6. The third kappa shape index (κ3) is 3.71. The van der Waals surface area contributed by atoms with Crippen LogP contribution in [0.25, 0.3) is 22.7 Å². The van der Waals surface area contributed by atoms with Crippen molar-refractivity contribution in [2.75, 3.05) is 0 Å². The van der Waals surface area contributed by atoms with Crippen molar-refractivity contribution in [1.29, 1.82) is 0 Å². The van der Waals surface area contributed by atoms with Gasteiger partial charge in [-0.3, -0.25) is 0 Å². The van der Waals surface area contributed by atoms with Gasteiger partial charge in [0.2, 0.25) is 0 Å². The molecule has 1 aliphatic carbocycles. The summed E-state index contributed by atoms with van der Waals surface area (Å²) >= 11 is 0. The van der Waals surface area contributed by atoms with Crippen molar-refractivity contribution in [2.45, 2.75) is 39.2 Å². The lowest BCUT2D eigenvalue weighted by Gasteiger charge is -2.14. The van der Waals surface area contributed by atoms with Crippen LogP contribution >= 0.6 is 0 Å². The Morgan fingerprint density at radius 3 is 2.65 bits per heavy atom. The molecule has 0 amide bonds. The fourth-order valence-corrected chi connectivity index (χ4v) is 5.05. The van der Waals surface area contributed by atoms with Gasteiger partial charge in [0.25, 0.3) is 0 Å². The summed E-state index contributed by atoms with van der Waals surface area (Å²) in [5.41, 5.74) is 9.93. The zero-order valence-electron chi connectivity index (χ0n) is 19.2. The monoisotopic (exact) mass is 446 g/mol. The summed E-state index contributed by atoms with van der Waals surface area (Å²) in [7, 11) is 0. The maximum atomic E-state index is 4.91. The van der Waals surface area contributed by atoms with Crippen molar-refractivity contribution in [3.05, 3.63) is 106 Å². The number of nitrogens with one attached hydrogen (secondary N) is 1. The van der Waals surface area contributed by atoms with Crippen LogP contribution in [0.3, 0.4) is 0 Å². The fraction of sp³-hybridized carbons (Fsp3) is 0.214. The van der Waals surface area contributed by atoms with Crippen LogP contribution in [0.4, 0.5) is 0 Å². The van der Waals surface area contributed by atoms with Gasteiger partial charge in [-0.05, 0) is 81.3 Å². The first-order valence-corrected chi connectivity index (χ1v) is 11.9. The Labute approximate surface area is 198 Å². The van der Waals surface area contributed by atoms with Gasteiger partial charge >= 0.3 is 0 Å². The van der Waals surface area contributed by atoms with Gasteiger partial charge in [-0.15, -0.1) is 5.10 Å². The molecule has 1 N–H and O–H groups in total. The molecule has 6 rings (SSSR count). The smallest absolute Gasteiger partial charge is 0.172 e. The fourth-order valence-electron chi connectivity index (χ4n) is 5.05. The third-order valence-electron chi connectivity index (χ3n) is 6.62. The average molecular weight is 447 g/mol. The van der Waals surface area contributed by atoms with Crippen molar-refractivity contribution in [3.63, 3.8) is 0 Å². The van der Waals surface area contributed by atoms with E-state index in [-0.39, 0.29) is 0 Å². The molecule has 6 heteroatoms. The lowest BCUT2D eigenvalue weighted by molar-refractivity contribution is 0.721. The second kappa shape index (κ2) is 8.71. The summed E-state index contributed by atoms with van der Waals surface area (Å²) in [6.45, 7) is 3.03. The van der Waals surface area contributed by atoms with E-state index in [4.69, 9.17) is 4.98 Å². The highest BCUT2D eigenvalue weighted by atomic mass is 15.5. The molecule has 5 aromatic rings. The maximum absolute atomic E-state index is 4.91. The number of tetrazole rings is 1. The van der Waals surface area contributed by atoms with Crippen LogP contribution in [0.1, 0.15) is 52.8 Å². The van der Waals surface area contributed by atoms with Crippen LogP contribution in [-0.2, 0) is 25.8 Å². The summed E-state index contributed by atoms with van der Waals surface area (Å²) in [5, 5.41) is 14.5. The van der Waals surface area contributed by atoms with Crippen LogP contribution < -0.4 is 0 Å². The molecule has 0 radical (unpaired) electrons. The normalized spacial score (nSPS) is 14.2. The maximum Gasteiger partial charge on any atom is 0.172 e. The van der Waals surface area contributed by atoms with Gasteiger partial charge in [0.05, 0.1) is 11.0 Å². The molecule has 0 unspecified atom stereocenters. The van der Waals surface area contributed by atoms with Crippen molar-refractivity contribution in [1.82, 2.24) is 30.2 Å². The van der Waals surface area contributed by atoms with E-state index in [0.717, 1.165) is 49.1 Å². The number of fused-ring (bicyclic) bond motifs is 3. The first-order valence-electron chi connectivity index (χ1n) is 11.9. The van der Waals surface area contributed by atoms with Gasteiger partial charge in [-0.1, -0.05) is 61.5 Å². The summed E-state index contributed by atoms with van der Waals surface area (Å²) in [6, 6.07) is 24.0. The molecule has 168 valence electrons. The molecule has 0 saturated carbocycles. The molecule has 0 aliphatic heterocycles. The lowest BCUT2D eigenvalue weighted by atomic mass is 9.92. The Balaban J connectivity index is 1.43. The number of aromatic nitrogens is 6. The summed E-state index contributed by atoms with van der Waals surface area (Å²) < 4.78 is 2.38. The minimum Gasteiger partial charge on any atom is -0.323 e. The number of hydrogen-bond donors (Lipinski definition) is 1. The quantitative estimate of drug-likeness (QED) is 0.401. The van der Waals surface area contributed by atoms with Crippen LogP contribution in [0.15, 0.2) is 66.7 Å². The second-order valence-corrected chi connectivity index (χ2v) is 8.85. The number of rotatable bonds is 5. The Kier molecular flexibility index (Phi) is 5.26. The largest absolute Gasteiger partial charge is 0.323 e. The minimum absolute atomic E-state index is 0.663. The molecule has 0 spiro atoms. The van der Waals surface area contributed by atoms with Crippen molar-refractivity contribution < 1.29 is 0 Å². The zero-order chi connectivity index (χ0) is 22.9. The first-order chi connectivity index (χ1) is 16.8. The molecule has 3 aromatic carbocycles. The number of H-pyrrole nitrogens is 1. The molecule has 0 bridgehead atoms. The lowest BCUT2D eigenvalue weighted by Crippen LogP contribution is -2.06. The van der Waals surface area contributed by atoms with Crippen LogP contribution in [0.5, 0.6) is 0 Å². The number of para-hydroxylation sites is 2. The Morgan fingerprint density at radius 2 is 1.76 bits per heavy atom. The number of aromatic amines is 1. The first kappa shape index (κ1) is 20.5. The van der Waals surface area contributed by atoms with Gasteiger partial charge in [-0.25, -0.2) is 10.1 Å². The topological polar surface area (TPSA) is 72.3 Å². The highest BCUT2D eigenvalue weighted by molar-refractivity contribution is 5.93. The Bertz CT molecular complexity index is 1490. The van der Waals surface area contributed by atoms with Crippen molar-refractivity contribution in [2.24, 2.45) is 0 Å². The molecule has 2 aromatic heterocycles. The number of imidazole rings is 1. The van der Waals surface area contributed by atoms with E-state index >= 15 is 0 Å². The Hall–Kier alpha value is -4.06. The molecule has 0 atom stereocenters. The van der Waals surface area contributed by atoms with E-state index in [1.807, 2.05) is 0 Å². The van der Waals surface area contributed by atoms with Crippen LogP contribution in [0, 0.1) is 0 Å². The van der Waals surface area contributed by atoms with Gasteiger partial charge < -0.3 is 4.57 Å². The molecule has 0 saturated heterocycles. The van der Waals surface area contributed by atoms with Crippen LogP contribution in [-0.4, -0.2) is 30.2 Å². The molecule has 0 fully saturated rings. The van der Waals surface area contributed by atoms with E-state index in [2.05, 4.69) is 105 Å². The van der Waals surface area contributed by atoms with E-state index in [1.54, 1.807) is 0 Å². The van der Waals surface area contributed by atoms with Crippen molar-refractivity contribution in [3.8, 4) is 0 Å². The standard InChI is InChI=1S/C28H26N6/c1-2-7-28-29-25-10-5-6-11-26(25)34(28)18-19-12-15-23-21(16-19)14-13-20-8-3-4-9-22(20)24(23)17-27-30-32-33-31-27/h3-6,8-12,15-17H,2,7,13-14,18H2,1H3,(H,30,31,32,33)/b24-17+. The van der Waals surface area contributed by atoms with Crippen molar-refractivity contribution >= 4 is 22.7 Å². The molecule has 2 heterocycles. The number of hydrogen-bond acceptors (Lipinski definition) is 4. The highest BCUT2D eigenvalue weighted by Gasteiger charge is 2.19. The molecule has 1 aliphatic rings. The van der Waals surface area contributed by atoms with Gasteiger partial charge in [0, 0.05) is 13.0 Å². The minimum atomic E-state index is 0.663. The van der Waals surface area contributed by atoms with Crippen LogP contribution in [0.2, 0.25) is 0 Å². The van der Waals surface area contributed by atoms with Gasteiger partial charge in [0.15, 0.2) is 5.82 Å². The SMILES string of the molecule is CCCc1nc2ccccc2n1Cc1ccc2c(c1)CCc1ccccc1/C2=C\c1nnn[nH]1. The van der Waals surface area contributed by atoms with E-state index in [9.17, 15) is 0 Å². The summed E-state index contributed by atoms with van der Waals surface area (Å²) in [4.78, 5) is 4.91. The number of benzene rings is 3. The molecular weight excluding hydrogens is 420 g/mol. The molecule has 34 heavy (non-hydrogen) atoms. The van der Waals surface area contributed by atoms with E-state index < -0.39 is 0 Å². The van der Waals surface area contributed by atoms with Gasteiger partial charge in [0.1, 0.15) is 5.82 Å². The van der Waals surface area contributed by atoms with E-state index in [1.165, 1.54) is 33.3 Å². The van der Waals surface area contributed by atoms with E-state index in [0.29, 0.717) is 5.82 Å². The highest BCUT2D eigenvalue weighted by Crippen LogP contribution is 2.35. The molecule has 6 nitrogen and oxygen atoms in total. The van der Waals surface area contributed by atoms with Gasteiger partial charge in [-0.2, -0.15) is 0 Å². The Morgan fingerprint density at radius 1 is 0.941 bits per heavy atom. The predicted octanol–water partition coefficient (Wildman–Crippen LogP) is 5.24. The summed E-state index contributed by atoms with van der Waals surface area (Å²) in [5.74, 6) is 1.82. The number of nitrogens with zero attached hydrogens (tertiary/aromatic N) is 5.